The number of carbonyl (C=O) groups is 2. The number of nitrogens with zero attached hydrogens (tertiary/aromatic N) is 2. The molecule has 1 aliphatic heterocycles. The summed E-state index contributed by atoms with van der Waals surface area (Å²) in [4.78, 5) is 27.1. The van der Waals surface area contributed by atoms with E-state index in [1.165, 1.54) is 35.7 Å². The molecular weight excluding hydrogens is 504 g/mol. The van der Waals surface area contributed by atoms with Gasteiger partial charge in [-0.15, -0.1) is 0 Å². The van der Waals surface area contributed by atoms with Crippen molar-refractivity contribution in [3.05, 3.63) is 23.2 Å². The first-order valence-corrected chi connectivity index (χ1v) is 14.6. The van der Waals surface area contributed by atoms with E-state index in [-0.39, 0.29) is 53.5 Å². The Bertz CT molecular complexity index is 1090. The largest absolute Gasteiger partial charge is 0.379 e. The Labute approximate surface area is 217 Å². The molecule has 36 heavy (non-hydrogen) atoms. The summed E-state index contributed by atoms with van der Waals surface area (Å²) in [7, 11) is -2.07. The Hall–Kier alpha value is -1.72. The molecule has 1 aromatic rings. The lowest BCUT2D eigenvalue weighted by atomic mass is 9.53. The van der Waals surface area contributed by atoms with Gasteiger partial charge in [0.25, 0.3) is 0 Å². The van der Waals surface area contributed by atoms with Crippen LogP contribution in [-0.2, 0) is 24.3 Å². The average Bonchev–Trinajstić information content (AvgIpc) is 2.79. The number of rotatable bonds is 8. The molecule has 198 valence electrons. The van der Waals surface area contributed by atoms with Gasteiger partial charge in [-0.3, -0.25) is 14.5 Å². The maximum Gasteiger partial charge on any atom is 0.244 e. The predicted molar refractivity (Wildman–Crippen MR) is 136 cm³/mol. The molecule has 0 radical (unpaired) electrons. The van der Waals surface area contributed by atoms with Crippen LogP contribution in [0.4, 0.5) is 5.69 Å². The lowest BCUT2D eigenvalue weighted by molar-refractivity contribution is -0.128. The van der Waals surface area contributed by atoms with Crippen molar-refractivity contribution in [1.82, 2.24) is 14.5 Å². The SMILES string of the molecule is CN(CC(=O)Nc1ccc(Cl)c(S(=O)(=O)N2CCOCC2)c1)CC(=O)NC12CC3CC(CC(C3)C1)C2. The van der Waals surface area contributed by atoms with E-state index < -0.39 is 10.0 Å². The fourth-order valence-electron chi connectivity index (χ4n) is 7.05. The summed E-state index contributed by atoms with van der Waals surface area (Å²) < 4.78 is 32.6. The van der Waals surface area contributed by atoms with Crippen molar-refractivity contribution in [2.24, 2.45) is 17.8 Å². The standard InChI is InChI=1S/C25H35ClN4O5S/c1-29(16-24(32)28-25-12-17-8-18(13-25)10-19(9-17)14-25)15-23(31)27-20-2-3-21(26)22(11-20)36(33,34)30-4-6-35-7-5-30/h2-3,11,17-19H,4-10,12-16H2,1H3,(H,27,31)(H,28,32). The van der Waals surface area contributed by atoms with Crippen molar-refractivity contribution in [2.45, 2.75) is 49.0 Å². The molecule has 1 heterocycles. The molecule has 4 aliphatic carbocycles. The van der Waals surface area contributed by atoms with E-state index in [1.54, 1.807) is 18.0 Å². The third kappa shape index (κ3) is 5.57. The van der Waals surface area contributed by atoms with E-state index in [2.05, 4.69) is 10.6 Å². The van der Waals surface area contributed by atoms with Crippen LogP contribution in [0.3, 0.4) is 0 Å². The van der Waals surface area contributed by atoms with Crippen LogP contribution in [0.1, 0.15) is 38.5 Å². The predicted octanol–water partition coefficient (Wildman–Crippen LogP) is 2.32. The van der Waals surface area contributed by atoms with E-state index >= 15 is 0 Å². The van der Waals surface area contributed by atoms with Crippen LogP contribution in [0.2, 0.25) is 5.02 Å². The van der Waals surface area contributed by atoms with Gasteiger partial charge >= 0.3 is 0 Å². The summed E-state index contributed by atoms with van der Waals surface area (Å²) in [6.45, 7) is 1.30. The summed E-state index contributed by atoms with van der Waals surface area (Å²) in [5, 5.41) is 6.16. The van der Waals surface area contributed by atoms with Gasteiger partial charge in [0.1, 0.15) is 4.90 Å². The number of likely N-dealkylation sites (N-methyl/N-ethyl adjacent to an activating group) is 1. The summed E-state index contributed by atoms with van der Waals surface area (Å²) in [5.74, 6) is 1.86. The molecule has 1 aromatic carbocycles. The van der Waals surface area contributed by atoms with Gasteiger partial charge in [0, 0.05) is 24.3 Å². The maximum absolute atomic E-state index is 13.0. The molecule has 9 nitrogen and oxygen atoms in total. The monoisotopic (exact) mass is 538 g/mol. The van der Waals surface area contributed by atoms with Crippen LogP contribution in [0.5, 0.6) is 0 Å². The van der Waals surface area contributed by atoms with Gasteiger partial charge < -0.3 is 15.4 Å². The van der Waals surface area contributed by atoms with E-state index in [0.29, 0.717) is 18.9 Å². The fourth-order valence-corrected chi connectivity index (χ4v) is 8.96. The molecule has 5 aliphatic rings. The number of halogens is 1. The number of ether oxygens (including phenoxy) is 1. The van der Waals surface area contributed by atoms with Crippen LogP contribution >= 0.6 is 11.6 Å². The van der Waals surface area contributed by atoms with Crippen LogP contribution in [0, 0.1) is 17.8 Å². The number of morpholine rings is 1. The first-order chi connectivity index (χ1) is 17.1. The molecule has 2 N–H and O–H groups in total. The molecule has 0 unspecified atom stereocenters. The van der Waals surface area contributed by atoms with Crippen molar-refractivity contribution in [2.75, 3.05) is 51.8 Å². The second-order valence-corrected chi connectivity index (χ2v) is 13.4. The minimum Gasteiger partial charge on any atom is -0.379 e. The number of carbonyl (C=O) groups excluding carboxylic acids is 2. The number of sulfonamides is 1. The lowest BCUT2D eigenvalue weighted by Gasteiger charge is -2.57. The van der Waals surface area contributed by atoms with Crippen molar-refractivity contribution >= 4 is 39.1 Å². The molecule has 5 fully saturated rings. The highest BCUT2D eigenvalue weighted by Crippen LogP contribution is 2.55. The van der Waals surface area contributed by atoms with Crippen LogP contribution in [-0.4, -0.2) is 81.4 Å². The molecule has 4 saturated carbocycles. The van der Waals surface area contributed by atoms with Gasteiger partial charge in [-0.1, -0.05) is 11.6 Å². The number of anilines is 1. The maximum atomic E-state index is 13.0. The smallest absolute Gasteiger partial charge is 0.244 e. The molecule has 1 saturated heterocycles. The minimum absolute atomic E-state index is 0.00245. The highest BCUT2D eigenvalue weighted by atomic mass is 35.5. The Morgan fingerprint density at radius 2 is 1.64 bits per heavy atom. The number of nitrogens with one attached hydrogen (secondary N) is 2. The fraction of sp³-hybridized carbons (Fsp3) is 0.680. The summed E-state index contributed by atoms with van der Waals surface area (Å²) in [6, 6.07) is 4.41. The second-order valence-electron chi connectivity index (χ2n) is 11.1. The summed E-state index contributed by atoms with van der Waals surface area (Å²) in [6.07, 6.45) is 7.20. The molecular formula is C25H35ClN4O5S. The molecule has 4 bridgehead atoms. The van der Waals surface area contributed by atoms with E-state index in [9.17, 15) is 18.0 Å². The molecule has 0 atom stereocenters. The molecule has 0 aromatic heterocycles. The van der Waals surface area contributed by atoms with Gasteiger partial charge in [0.05, 0.1) is 31.3 Å². The first kappa shape index (κ1) is 25.9. The zero-order chi connectivity index (χ0) is 25.5. The van der Waals surface area contributed by atoms with Crippen LogP contribution < -0.4 is 10.6 Å². The Balaban J connectivity index is 1.15. The third-order valence-corrected chi connectivity index (χ3v) is 10.5. The third-order valence-electron chi connectivity index (χ3n) is 8.07. The van der Waals surface area contributed by atoms with Crippen molar-refractivity contribution < 1.29 is 22.7 Å². The molecule has 0 spiro atoms. The zero-order valence-electron chi connectivity index (χ0n) is 20.7. The van der Waals surface area contributed by atoms with Gasteiger partial charge in [-0.25, -0.2) is 8.42 Å². The lowest BCUT2D eigenvalue weighted by Crippen LogP contribution is -2.61. The van der Waals surface area contributed by atoms with Crippen LogP contribution in [0.25, 0.3) is 0 Å². The molecule has 6 rings (SSSR count). The van der Waals surface area contributed by atoms with Crippen molar-refractivity contribution in [3.63, 3.8) is 0 Å². The number of hydrogen-bond acceptors (Lipinski definition) is 6. The Morgan fingerprint density at radius 3 is 2.25 bits per heavy atom. The van der Waals surface area contributed by atoms with Gasteiger partial charge in [-0.05, 0) is 81.5 Å². The van der Waals surface area contributed by atoms with Crippen molar-refractivity contribution in [1.29, 1.82) is 0 Å². The Morgan fingerprint density at radius 1 is 1.06 bits per heavy atom. The normalized spacial score (nSPS) is 29.9. The zero-order valence-corrected chi connectivity index (χ0v) is 22.2. The number of benzene rings is 1. The van der Waals surface area contributed by atoms with Gasteiger partial charge in [-0.2, -0.15) is 4.31 Å². The average molecular weight is 539 g/mol. The topological polar surface area (TPSA) is 108 Å². The summed E-state index contributed by atoms with van der Waals surface area (Å²) in [5.41, 5.74) is 0.281. The molecule has 2 amide bonds. The van der Waals surface area contributed by atoms with E-state index in [1.807, 2.05) is 0 Å². The highest BCUT2D eigenvalue weighted by molar-refractivity contribution is 7.89. The quantitative estimate of drug-likeness (QED) is 0.526. The van der Waals surface area contributed by atoms with Crippen LogP contribution in [0.15, 0.2) is 23.1 Å². The second kappa shape index (κ2) is 10.2. The van der Waals surface area contributed by atoms with E-state index in [0.717, 1.165) is 37.0 Å². The number of hydrogen-bond donors (Lipinski definition) is 2. The van der Waals surface area contributed by atoms with Gasteiger partial charge in [0.2, 0.25) is 21.8 Å². The first-order valence-electron chi connectivity index (χ1n) is 12.8. The molecule has 11 heteroatoms. The highest BCUT2D eigenvalue weighted by Gasteiger charge is 2.51. The van der Waals surface area contributed by atoms with Gasteiger partial charge in [0.15, 0.2) is 0 Å². The van der Waals surface area contributed by atoms with E-state index in [4.69, 9.17) is 16.3 Å². The minimum atomic E-state index is -3.81. The summed E-state index contributed by atoms with van der Waals surface area (Å²) >= 11 is 6.20. The van der Waals surface area contributed by atoms with Crippen molar-refractivity contribution in [3.8, 4) is 0 Å². The Kier molecular flexibility index (Phi) is 7.35. The number of amides is 2.